The van der Waals surface area contributed by atoms with Gasteiger partial charge in [-0.3, -0.25) is 4.79 Å². The van der Waals surface area contributed by atoms with Crippen molar-refractivity contribution in [3.05, 3.63) is 40.2 Å². The lowest BCUT2D eigenvalue weighted by molar-refractivity contribution is 0.100. The fraction of sp³-hybridized carbons (Fsp3) is 0.231. The molecule has 0 saturated carbocycles. The van der Waals surface area contributed by atoms with Crippen molar-refractivity contribution in [2.24, 2.45) is 5.73 Å². The molecule has 1 amide bonds. The van der Waals surface area contributed by atoms with E-state index >= 15 is 0 Å². The number of anilines is 2. The average Bonchev–Trinajstić information content (AvgIpc) is 2.90. The minimum Gasteiger partial charge on any atom is -0.397 e. The molecule has 0 spiro atoms. The van der Waals surface area contributed by atoms with Gasteiger partial charge in [-0.1, -0.05) is 13.0 Å². The molecular formula is C13H16N4OS. The summed E-state index contributed by atoms with van der Waals surface area (Å²) in [5.74, 6) is -0.0646. The van der Waals surface area contributed by atoms with Crippen LogP contribution in [0.15, 0.2) is 29.8 Å². The van der Waals surface area contributed by atoms with Crippen LogP contribution in [0.2, 0.25) is 0 Å². The maximum Gasteiger partial charge on any atom is 0.252 e. The van der Waals surface area contributed by atoms with E-state index in [0.717, 1.165) is 6.42 Å². The Kier molecular flexibility index (Phi) is 4.01. The van der Waals surface area contributed by atoms with Gasteiger partial charge in [-0.25, -0.2) is 4.98 Å². The molecule has 0 radical (unpaired) electrons. The van der Waals surface area contributed by atoms with Crippen molar-refractivity contribution < 1.29 is 4.79 Å². The summed E-state index contributed by atoms with van der Waals surface area (Å²) < 4.78 is 0. The highest BCUT2D eigenvalue weighted by Gasteiger charge is 2.16. The summed E-state index contributed by atoms with van der Waals surface area (Å²) in [6.45, 7) is 2.07. The maximum atomic E-state index is 11.4. The summed E-state index contributed by atoms with van der Waals surface area (Å²) in [5.41, 5.74) is 11.7. The monoisotopic (exact) mass is 276 g/mol. The van der Waals surface area contributed by atoms with Crippen LogP contribution in [0.4, 0.5) is 11.5 Å². The summed E-state index contributed by atoms with van der Waals surface area (Å²) in [6, 6.07) is 5.69. The summed E-state index contributed by atoms with van der Waals surface area (Å²) in [5, 5.41) is 5.27. The third-order valence-electron chi connectivity index (χ3n) is 2.78. The number of aromatic nitrogens is 1. The largest absolute Gasteiger partial charge is 0.397 e. The molecule has 5 nitrogen and oxygen atoms in total. The van der Waals surface area contributed by atoms with Gasteiger partial charge in [0.2, 0.25) is 0 Å². The number of primary amides is 1. The maximum absolute atomic E-state index is 11.4. The van der Waals surface area contributed by atoms with Crippen LogP contribution in [0.1, 0.15) is 34.6 Å². The molecule has 0 aliphatic heterocycles. The summed E-state index contributed by atoms with van der Waals surface area (Å²) >= 11 is 1.66. The average molecular weight is 276 g/mol. The standard InChI is InChI=1S/C13H16N4OS/c1-2-10(11-4-3-5-19-11)17-13-9(12(15)18)6-8(14)7-16-13/h3-7,10H,2,14H2,1H3,(H2,15,18)(H,16,17). The molecular weight excluding hydrogens is 260 g/mol. The highest BCUT2D eigenvalue weighted by molar-refractivity contribution is 7.10. The Labute approximate surface area is 115 Å². The first kappa shape index (κ1) is 13.4. The zero-order chi connectivity index (χ0) is 13.8. The molecule has 100 valence electrons. The molecule has 6 heteroatoms. The summed E-state index contributed by atoms with van der Waals surface area (Å²) in [6.07, 6.45) is 2.39. The smallest absolute Gasteiger partial charge is 0.252 e. The highest BCUT2D eigenvalue weighted by Crippen LogP contribution is 2.27. The minimum atomic E-state index is -0.539. The molecule has 2 rings (SSSR count). The van der Waals surface area contributed by atoms with Crippen LogP contribution in [0, 0.1) is 0 Å². The van der Waals surface area contributed by atoms with Crippen molar-refractivity contribution in [1.29, 1.82) is 0 Å². The van der Waals surface area contributed by atoms with Crippen molar-refractivity contribution in [3.63, 3.8) is 0 Å². The van der Waals surface area contributed by atoms with E-state index in [4.69, 9.17) is 11.5 Å². The fourth-order valence-electron chi connectivity index (χ4n) is 1.81. The number of nitrogens with one attached hydrogen (secondary N) is 1. The van der Waals surface area contributed by atoms with Crippen LogP contribution in [0.5, 0.6) is 0 Å². The van der Waals surface area contributed by atoms with Crippen molar-refractivity contribution in [1.82, 2.24) is 4.98 Å². The second kappa shape index (κ2) is 5.71. The molecule has 2 heterocycles. The zero-order valence-corrected chi connectivity index (χ0v) is 11.4. The molecule has 0 fully saturated rings. The Morgan fingerprint density at radius 3 is 2.95 bits per heavy atom. The second-order valence-corrected chi connectivity index (χ2v) is 5.13. The van der Waals surface area contributed by atoms with Crippen LogP contribution >= 0.6 is 11.3 Å². The van der Waals surface area contributed by atoms with Crippen LogP contribution in [-0.4, -0.2) is 10.9 Å². The van der Waals surface area contributed by atoms with Gasteiger partial charge < -0.3 is 16.8 Å². The number of nitrogens with two attached hydrogens (primary N) is 2. The molecule has 0 saturated heterocycles. The van der Waals surface area contributed by atoms with Gasteiger partial charge in [0.05, 0.1) is 23.5 Å². The number of nitrogen functional groups attached to an aromatic ring is 1. The predicted octanol–water partition coefficient (Wildman–Crippen LogP) is 2.39. The molecule has 0 aliphatic rings. The molecule has 0 aliphatic carbocycles. The number of carbonyl (C=O) groups is 1. The molecule has 19 heavy (non-hydrogen) atoms. The van der Waals surface area contributed by atoms with E-state index in [0.29, 0.717) is 17.1 Å². The van der Waals surface area contributed by atoms with Crippen LogP contribution < -0.4 is 16.8 Å². The topological polar surface area (TPSA) is 94.0 Å². The number of rotatable bonds is 5. The Morgan fingerprint density at radius 1 is 1.58 bits per heavy atom. The Bertz CT molecular complexity index is 568. The number of amides is 1. The van der Waals surface area contributed by atoms with Gasteiger partial charge in [-0.15, -0.1) is 11.3 Å². The number of hydrogen-bond donors (Lipinski definition) is 3. The van der Waals surface area contributed by atoms with E-state index in [1.807, 2.05) is 17.5 Å². The van der Waals surface area contributed by atoms with Gasteiger partial charge in [0.15, 0.2) is 0 Å². The fourth-order valence-corrected chi connectivity index (χ4v) is 2.67. The molecule has 2 aromatic rings. The normalized spacial score (nSPS) is 12.1. The zero-order valence-electron chi connectivity index (χ0n) is 10.6. The van der Waals surface area contributed by atoms with E-state index in [1.165, 1.54) is 11.1 Å². The molecule has 1 atom stereocenters. The third-order valence-corrected chi connectivity index (χ3v) is 3.77. The molecule has 2 aromatic heterocycles. The Morgan fingerprint density at radius 2 is 2.37 bits per heavy atom. The molecule has 0 aromatic carbocycles. The van der Waals surface area contributed by atoms with Gasteiger partial charge in [0, 0.05) is 4.88 Å². The minimum absolute atomic E-state index is 0.106. The van der Waals surface area contributed by atoms with Crippen LogP contribution in [-0.2, 0) is 0 Å². The number of hydrogen-bond acceptors (Lipinski definition) is 5. The lowest BCUT2D eigenvalue weighted by Gasteiger charge is -2.17. The van der Waals surface area contributed by atoms with E-state index < -0.39 is 5.91 Å². The predicted molar refractivity (Wildman–Crippen MR) is 78.1 cm³/mol. The first-order chi connectivity index (χ1) is 9.11. The quantitative estimate of drug-likeness (QED) is 0.781. The molecule has 1 unspecified atom stereocenters. The van der Waals surface area contributed by atoms with Crippen molar-refractivity contribution in [3.8, 4) is 0 Å². The lowest BCUT2D eigenvalue weighted by atomic mass is 10.1. The molecule has 5 N–H and O–H groups in total. The van der Waals surface area contributed by atoms with Crippen LogP contribution in [0.3, 0.4) is 0 Å². The number of carbonyl (C=O) groups excluding carboxylic acids is 1. The van der Waals surface area contributed by atoms with Gasteiger partial charge in [-0.2, -0.15) is 0 Å². The van der Waals surface area contributed by atoms with E-state index in [1.54, 1.807) is 17.4 Å². The Balaban J connectivity index is 2.29. The van der Waals surface area contributed by atoms with E-state index in [2.05, 4.69) is 17.2 Å². The van der Waals surface area contributed by atoms with Crippen molar-refractivity contribution in [2.75, 3.05) is 11.1 Å². The van der Waals surface area contributed by atoms with Crippen LogP contribution in [0.25, 0.3) is 0 Å². The number of nitrogens with zero attached hydrogens (tertiary/aromatic N) is 1. The summed E-state index contributed by atoms with van der Waals surface area (Å²) in [4.78, 5) is 16.8. The van der Waals surface area contributed by atoms with Gasteiger partial charge >= 0.3 is 0 Å². The second-order valence-electron chi connectivity index (χ2n) is 4.15. The first-order valence-corrected chi connectivity index (χ1v) is 6.85. The van der Waals surface area contributed by atoms with E-state index in [-0.39, 0.29) is 6.04 Å². The van der Waals surface area contributed by atoms with Gasteiger partial charge in [0.1, 0.15) is 5.82 Å². The van der Waals surface area contributed by atoms with Crippen molar-refractivity contribution >= 4 is 28.7 Å². The molecule has 0 bridgehead atoms. The van der Waals surface area contributed by atoms with Gasteiger partial charge in [-0.05, 0) is 23.9 Å². The van der Waals surface area contributed by atoms with Crippen molar-refractivity contribution in [2.45, 2.75) is 19.4 Å². The number of thiophene rings is 1. The summed E-state index contributed by atoms with van der Waals surface area (Å²) in [7, 11) is 0. The van der Waals surface area contributed by atoms with Gasteiger partial charge in [0.25, 0.3) is 5.91 Å². The highest BCUT2D eigenvalue weighted by atomic mass is 32.1. The van der Waals surface area contributed by atoms with E-state index in [9.17, 15) is 4.79 Å². The Hall–Kier alpha value is -2.08. The third kappa shape index (κ3) is 3.03. The first-order valence-electron chi connectivity index (χ1n) is 5.97. The SMILES string of the molecule is CCC(Nc1ncc(N)cc1C(N)=O)c1cccs1. The number of pyridine rings is 1. The lowest BCUT2D eigenvalue weighted by Crippen LogP contribution is -2.18.